The van der Waals surface area contributed by atoms with Crippen LogP contribution < -0.4 is 0 Å². The Morgan fingerprint density at radius 2 is 1.36 bits per heavy atom. The van der Waals surface area contributed by atoms with Gasteiger partial charge in [-0.1, -0.05) is 27.7 Å². The minimum Gasteiger partial charge on any atom is -0.508 e. The lowest BCUT2D eigenvalue weighted by atomic mass is 9.89. The third-order valence-corrected chi connectivity index (χ3v) is 2.55. The summed E-state index contributed by atoms with van der Waals surface area (Å²) in [5, 5.41) is 9.59. The second-order valence-electron chi connectivity index (χ2n) is 4.41. The molecule has 14 heavy (non-hydrogen) atoms. The van der Waals surface area contributed by atoms with Gasteiger partial charge in [-0.3, -0.25) is 0 Å². The van der Waals surface area contributed by atoms with Crippen molar-refractivity contribution >= 4 is 0 Å². The van der Waals surface area contributed by atoms with Crippen molar-refractivity contribution < 1.29 is 5.11 Å². The summed E-state index contributed by atoms with van der Waals surface area (Å²) in [5.74, 6) is 1.17. The zero-order valence-corrected chi connectivity index (χ0v) is 9.46. The van der Waals surface area contributed by atoms with Gasteiger partial charge < -0.3 is 5.11 Å². The van der Waals surface area contributed by atoms with Gasteiger partial charge in [0, 0.05) is 0 Å². The van der Waals surface area contributed by atoms with E-state index in [2.05, 4.69) is 34.6 Å². The molecule has 77 valence electrons. The number of phenols is 1. The highest BCUT2D eigenvalue weighted by atomic mass is 16.3. The minimum absolute atomic E-state index is 0.352. The van der Waals surface area contributed by atoms with Crippen LogP contribution in [-0.2, 0) is 0 Å². The maximum atomic E-state index is 9.59. The van der Waals surface area contributed by atoms with Crippen LogP contribution in [0, 0.1) is 6.92 Å². The van der Waals surface area contributed by atoms with Crippen LogP contribution in [0.1, 0.15) is 56.2 Å². The predicted molar refractivity (Wildman–Crippen MR) is 60.7 cm³/mol. The van der Waals surface area contributed by atoms with E-state index in [0.29, 0.717) is 17.6 Å². The minimum atomic E-state index is 0.352. The highest BCUT2D eigenvalue weighted by Gasteiger charge is 2.11. The maximum Gasteiger partial charge on any atom is 0.116 e. The van der Waals surface area contributed by atoms with Gasteiger partial charge in [0.2, 0.25) is 0 Å². The third-order valence-electron chi connectivity index (χ3n) is 2.55. The van der Waals surface area contributed by atoms with Crippen LogP contribution in [0.3, 0.4) is 0 Å². The molecule has 0 unspecified atom stereocenters. The van der Waals surface area contributed by atoms with Crippen LogP contribution in [-0.4, -0.2) is 5.11 Å². The summed E-state index contributed by atoms with van der Waals surface area (Å²) in [7, 11) is 0. The normalized spacial score (nSPS) is 11.4. The van der Waals surface area contributed by atoms with E-state index in [0.717, 1.165) is 16.7 Å². The molecule has 0 aliphatic heterocycles. The van der Waals surface area contributed by atoms with Gasteiger partial charge in [-0.2, -0.15) is 0 Å². The first-order valence-electron chi connectivity index (χ1n) is 5.12. The van der Waals surface area contributed by atoms with E-state index in [4.69, 9.17) is 0 Å². The second kappa shape index (κ2) is 4.04. The SMILES string of the molecule is [CH2]c1c(C(C)C)cc(O)cc1C(C)C. The topological polar surface area (TPSA) is 20.2 Å². The number of rotatable bonds is 2. The predicted octanol–water partition coefficient (Wildman–Crippen LogP) is 3.82. The largest absolute Gasteiger partial charge is 0.508 e. The molecule has 0 bridgehead atoms. The van der Waals surface area contributed by atoms with Crippen molar-refractivity contribution in [3.63, 3.8) is 0 Å². The molecule has 0 aromatic heterocycles. The Balaban J connectivity index is 3.32. The Bertz CT molecular complexity index is 295. The molecule has 0 heterocycles. The fourth-order valence-corrected chi connectivity index (χ4v) is 1.73. The van der Waals surface area contributed by atoms with E-state index < -0.39 is 0 Å². The van der Waals surface area contributed by atoms with Crippen molar-refractivity contribution in [3.8, 4) is 5.75 Å². The molecule has 1 aromatic carbocycles. The van der Waals surface area contributed by atoms with Gasteiger partial charge >= 0.3 is 0 Å². The number of phenolic OH excluding ortho intramolecular Hbond substituents is 1. The van der Waals surface area contributed by atoms with E-state index >= 15 is 0 Å². The number of aromatic hydroxyl groups is 1. The molecule has 0 fully saturated rings. The van der Waals surface area contributed by atoms with Crippen LogP contribution in [0.4, 0.5) is 0 Å². The Labute approximate surface area is 86.8 Å². The third kappa shape index (κ3) is 2.09. The van der Waals surface area contributed by atoms with Crippen molar-refractivity contribution in [3.05, 3.63) is 35.7 Å². The van der Waals surface area contributed by atoms with E-state index in [-0.39, 0.29) is 0 Å². The van der Waals surface area contributed by atoms with E-state index in [1.807, 2.05) is 12.1 Å². The smallest absolute Gasteiger partial charge is 0.116 e. The Hall–Kier alpha value is -0.980. The molecule has 1 heteroatoms. The standard InChI is InChI=1S/C13H19O/c1-8(2)12-6-11(14)7-13(9(3)4)10(12)5/h6-9,14H,5H2,1-4H3. The lowest BCUT2D eigenvalue weighted by Crippen LogP contribution is -1.99. The molecular weight excluding hydrogens is 172 g/mol. The zero-order valence-electron chi connectivity index (χ0n) is 9.46. The molecule has 0 aliphatic carbocycles. The summed E-state index contributed by atoms with van der Waals surface area (Å²) in [6.07, 6.45) is 0. The molecule has 0 spiro atoms. The molecule has 0 saturated carbocycles. The van der Waals surface area contributed by atoms with Crippen LogP contribution in [0.25, 0.3) is 0 Å². The monoisotopic (exact) mass is 191 g/mol. The summed E-state index contributed by atoms with van der Waals surface area (Å²) in [4.78, 5) is 0. The first kappa shape index (κ1) is 11.1. The number of hydrogen-bond donors (Lipinski definition) is 1. The van der Waals surface area contributed by atoms with Crippen LogP contribution >= 0.6 is 0 Å². The van der Waals surface area contributed by atoms with Crippen LogP contribution in [0.2, 0.25) is 0 Å². The Morgan fingerprint density at radius 1 is 1.00 bits per heavy atom. The van der Waals surface area contributed by atoms with Gasteiger partial charge in [-0.25, -0.2) is 0 Å². The molecule has 1 rings (SSSR count). The van der Waals surface area contributed by atoms with Crippen molar-refractivity contribution in [1.29, 1.82) is 0 Å². The molecule has 1 radical (unpaired) electrons. The molecular formula is C13H19O. The summed E-state index contributed by atoms with van der Waals surface area (Å²) >= 11 is 0. The molecule has 1 nitrogen and oxygen atoms in total. The van der Waals surface area contributed by atoms with Crippen LogP contribution in [0.15, 0.2) is 12.1 Å². The average Bonchev–Trinajstić information content (AvgIpc) is 2.07. The van der Waals surface area contributed by atoms with Crippen LogP contribution in [0.5, 0.6) is 5.75 Å². The van der Waals surface area contributed by atoms with Crippen molar-refractivity contribution in [2.24, 2.45) is 0 Å². The lowest BCUT2D eigenvalue weighted by molar-refractivity contribution is 0.472. The van der Waals surface area contributed by atoms with Gasteiger partial charge in [0.05, 0.1) is 0 Å². The van der Waals surface area contributed by atoms with Crippen molar-refractivity contribution in [2.75, 3.05) is 0 Å². The highest BCUT2D eigenvalue weighted by molar-refractivity contribution is 5.46. The van der Waals surface area contributed by atoms with Crippen molar-refractivity contribution in [1.82, 2.24) is 0 Å². The second-order valence-corrected chi connectivity index (χ2v) is 4.41. The lowest BCUT2D eigenvalue weighted by Gasteiger charge is -2.17. The molecule has 0 amide bonds. The first-order valence-corrected chi connectivity index (χ1v) is 5.12. The number of hydrogen-bond acceptors (Lipinski definition) is 1. The molecule has 1 N–H and O–H groups in total. The van der Waals surface area contributed by atoms with Gasteiger partial charge in [-0.05, 0) is 47.6 Å². The average molecular weight is 191 g/mol. The Kier molecular flexibility index (Phi) is 3.20. The molecule has 0 saturated heterocycles. The number of benzene rings is 1. The van der Waals surface area contributed by atoms with E-state index in [9.17, 15) is 5.11 Å². The molecule has 0 atom stereocenters. The summed E-state index contributed by atoms with van der Waals surface area (Å²) in [6, 6.07) is 3.64. The van der Waals surface area contributed by atoms with E-state index in [1.165, 1.54) is 0 Å². The Morgan fingerprint density at radius 3 is 1.64 bits per heavy atom. The van der Waals surface area contributed by atoms with E-state index in [1.54, 1.807) is 0 Å². The van der Waals surface area contributed by atoms with Gasteiger partial charge in [-0.15, -0.1) is 0 Å². The summed E-state index contributed by atoms with van der Waals surface area (Å²) in [5.41, 5.74) is 3.37. The molecule has 1 aromatic rings. The van der Waals surface area contributed by atoms with Gasteiger partial charge in [0.25, 0.3) is 0 Å². The summed E-state index contributed by atoms with van der Waals surface area (Å²) in [6.45, 7) is 12.6. The summed E-state index contributed by atoms with van der Waals surface area (Å²) < 4.78 is 0. The zero-order chi connectivity index (χ0) is 10.9. The quantitative estimate of drug-likeness (QED) is 0.753. The van der Waals surface area contributed by atoms with Gasteiger partial charge in [0.1, 0.15) is 5.75 Å². The highest BCUT2D eigenvalue weighted by Crippen LogP contribution is 2.30. The van der Waals surface area contributed by atoms with Crippen molar-refractivity contribution in [2.45, 2.75) is 39.5 Å². The van der Waals surface area contributed by atoms with Gasteiger partial charge in [0.15, 0.2) is 0 Å². The molecule has 0 aliphatic rings. The fourth-order valence-electron chi connectivity index (χ4n) is 1.73. The fraction of sp³-hybridized carbons (Fsp3) is 0.462. The first-order chi connectivity index (χ1) is 6.43. The maximum absolute atomic E-state index is 9.59.